The molecule has 0 radical (unpaired) electrons. The smallest absolute Gasteiger partial charge is 0.301 e. The molecule has 0 aliphatic heterocycles. The Kier molecular flexibility index (Phi) is 10.5. The maximum atomic E-state index is 5.17. The van der Waals surface area contributed by atoms with Crippen molar-refractivity contribution in [2.45, 2.75) is 50.4 Å². The fourth-order valence-electron chi connectivity index (χ4n) is 6.17. The molecule has 2 atom stereocenters. The van der Waals surface area contributed by atoms with Gasteiger partial charge in [0.05, 0.1) is 0 Å². The first-order valence-corrected chi connectivity index (χ1v) is 15.2. The van der Waals surface area contributed by atoms with Gasteiger partial charge in [-0.15, -0.1) is 35.4 Å². The number of benzene rings is 3. The van der Waals surface area contributed by atoms with Crippen molar-refractivity contribution < 1.29 is 20.1 Å². The van der Waals surface area contributed by atoms with Gasteiger partial charge in [-0.25, -0.2) is 0 Å². The summed E-state index contributed by atoms with van der Waals surface area (Å²) in [5, 5.41) is 0. The fraction of sp³-hybridized carbons (Fsp3) is 0.195. The molecule has 3 aromatic carbocycles. The Labute approximate surface area is 281 Å². The summed E-state index contributed by atoms with van der Waals surface area (Å²) in [4.78, 5) is 14.6. The van der Waals surface area contributed by atoms with Crippen molar-refractivity contribution in [3.8, 4) is 11.3 Å². The standard InChI is InChI=1S/C41H36N3.Ir/c1-40(35-19-7-4-8-20-35,30-36-21-9-11-25-42-36)29-33-17-13-18-34(27-33)38-23-14-22-37(44-38)31-41(2,39-24-10-12-26-43-39)28-32-15-5-3-6-16-32;/h3-15,17-19,21-26H,28-31H2,1-2H3;/q-3;+3. The normalized spacial score (nSPS) is 13.6. The summed E-state index contributed by atoms with van der Waals surface area (Å²) in [6, 6.07) is 52.1. The molecule has 6 rings (SSSR count). The molecule has 3 heterocycles. The molecule has 0 aliphatic carbocycles. The van der Waals surface area contributed by atoms with Crippen LogP contribution in [0.4, 0.5) is 0 Å². The van der Waals surface area contributed by atoms with Crippen molar-refractivity contribution in [1.82, 2.24) is 15.0 Å². The van der Waals surface area contributed by atoms with Crippen LogP contribution in [0, 0.1) is 18.2 Å². The second-order valence-electron chi connectivity index (χ2n) is 12.1. The second kappa shape index (κ2) is 14.7. The van der Waals surface area contributed by atoms with Crippen molar-refractivity contribution in [2.75, 3.05) is 0 Å². The van der Waals surface area contributed by atoms with Gasteiger partial charge in [-0.2, -0.15) is 71.8 Å². The molecule has 0 bridgehead atoms. The molecule has 4 heteroatoms. The Morgan fingerprint density at radius 2 is 1.22 bits per heavy atom. The molecule has 0 saturated heterocycles. The molecule has 0 N–H and O–H groups in total. The van der Waals surface area contributed by atoms with Gasteiger partial charge in [-0.1, -0.05) is 38.1 Å². The topological polar surface area (TPSA) is 38.7 Å². The molecule has 45 heavy (non-hydrogen) atoms. The van der Waals surface area contributed by atoms with E-state index in [9.17, 15) is 0 Å². The maximum Gasteiger partial charge on any atom is 3.00 e. The second-order valence-corrected chi connectivity index (χ2v) is 12.1. The molecule has 3 nitrogen and oxygen atoms in total. The zero-order valence-corrected chi connectivity index (χ0v) is 28.1. The minimum atomic E-state index is -0.240. The molecule has 0 amide bonds. The van der Waals surface area contributed by atoms with Gasteiger partial charge in [0.25, 0.3) is 0 Å². The molecular formula is C41H36IrN3. The van der Waals surface area contributed by atoms with Gasteiger partial charge >= 0.3 is 20.1 Å². The van der Waals surface area contributed by atoms with E-state index >= 15 is 0 Å². The van der Waals surface area contributed by atoms with Crippen LogP contribution in [-0.2, 0) is 56.6 Å². The summed E-state index contributed by atoms with van der Waals surface area (Å²) < 4.78 is 0. The zero-order chi connectivity index (χ0) is 30.2. The Morgan fingerprint density at radius 3 is 1.93 bits per heavy atom. The number of nitrogens with zero attached hydrogens (tertiary/aromatic N) is 3. The number of rotatable bonds is 11. The SMILES string of the molecule is CC(Cc1[c-]c(-c2cccc(CC(C)(Cc3[c-]cccc3)c3ccccn3)n2)ccc1)(Cc1ccccn1)c1[c-]cccc1.[Ir+3]. The third kappa shape index (κ3) is 8.08. The van der Waals surface area contributed by atoms with Gasteiger partial charge < -0.3 is 4.98 Å². The largest absolute Gasteiger partial charge is 3.00 e. The van der Waals surface area contributed by atoms with E-state index in [1.807, 2.05) is 48.8 Å². The Balaban J connectivity index is 0.00000400. The summed E-state index contributed by atoms with van der Waals surface area (Å²) in [6.07, 6.45) is 6.94. The first-order valence-electron chi connectivity index (χ1n) is 15.2. The van der Waals surface area contributed by atoms with Crippen LogP contribution in [-0.4, -0.2) is 15.0 Å². The predicted molar refractivity (Wildman–Crippen MR) is 177 cm³/mol. The quantitative estimate of drug-likeness (QED) is 0.125. The summed E-state index contributed by atoms with van der Waals surface area (Å²) in [5.74, 6) is 0. The number of hydrogen-bond acceptors (Lipinski definition) is 3. The predicted octanol–water partition coefficient (Wildman–Crippen LogP) is 8.42. The van der Waals surface area contributed by atoms with E-state index in [0.717, 1.165) is 59.6 Å². The van der Waals surface area contributed by atoms with Gasteiger partial charge in [0, 0.05) is 34.9 Å². The molecular weight excluding hydrogens is 727 g/mol. The van der Waals surface area contributed by atoms with E-state index in [0.29, 0.717) is 0 Å². The molecule has 3 aromatic heterocycles. The third-order valence-electron chi connectivity index (χ3n) is 8.38. The summed E-state index contributed by atoms with van der Waals surface area (Å²) >= 11 is 0. The van der Waals surface area contributed by atoms with Crippen molar-refractivity contribution in [3.05, 3.63) is 186 Å². The average Bonchev–Trinajstić information content (AvgIpc) is 3.07. The minimum absolute atomic E-state index is 0. The molecule has 6 aromatic rings. The van der Waals surface area contributed by atoms with Crippen molar-refractivity contribution in [2.24, 2.45) is 0 Å². The molecule has 2 unspecified atom stereocenters. The fourth-order valence-corrected chi connectivity index (χ4v) is 6.17. The van der Waals surface area contributed by atoms with Crippen LogP contribution < -0.4 is 0 Å². The molecule has 0 saturated carbocycles. The van der Waals surface area contributed by atoms with Crippen LogP contribution in [0.25, 0.3) is 11.3 Å². The van der Waals surface area contributed by atoms with Crippen molar-refractivity contribution >= 4 is 0 Å². The summed E-state index contributed by atoms with van der Waals surface area (Å²) in [7, 11) is 0. The number of aromatic nitrogens is 3. The van der Waals surface area contributed by atoms with Gasteiger partial charge in [0.2, 0.25) is 0 Å². The van der Waals surface area contributed by atoms with E-state index in [1.54, 1.807) is 0 Å². The van der Waals surface area contributed by atoms with Crippen molar-refractivity contribution in [3.63, 3.8) is 0 Å². The average molecular weight is 763 g/mol. The van der Waals surface area contributed by atoms with Crippen LogP contribution in [0.15, 0.2) is 134 Å². The Bertz CT molecular complexity index is 1640. The summed E-state index contributed by atoms with van der Waals surface area (Å²) in [5.41, 5.74) is 8.14. The van der Waals surface area contributed by atoms with Gasteiger partial charge in [-0.05, 0) is 67.1 Å². The number of hydrogen-bond donors (Lipinski definition) is 0. The van der Waals surface area contributed by atoms with Crippen LogP contribution in [0.2, 0.25) is 0 Å². The molecule has 0 fully saturated rings. The van der Waals surface area contributed by atoms with E-state index < -0.39 is 0 Å². The third-order valence-corrected chi connectivity index (χ3v) is 8.38. The zero-order valence-electron chi connectivity index (χ0n) is 25.7. The van der Waals surface area contributed by atoms with E-state index in [-0.39, 0.29) is 30.9 Å². The van der Waals surface area contributed by atoms with Crippen LogP contribution in [0.3, 0.4) is 0 Å². The van der Waals surface area contributed by atoms with E-state index in [2.05, 4.69) is 122 Å². The number of pyridine rings is 3. The monoisotopic (exact) mass is 763 g/mol. The van der Waals surface area contributed by atoms with Crippen molar-refractivity contribution in [1.29, 1.82) is 0 Å². The van der Waals surface area contributed by atoms with Crippen LogP contribution >= 0.6 is 0 Å². The van der Waals surface area contributed by atoms with Gasteiger partial charge in [0.15, 0.2) is 0 Å². The maximum absolute atomic E-state index is 5.17. The van der Waals surface area contributed by atoms with Gasteiger partial charge in [0.1, 0.15) is 0 Å². The molecule has 0 aliphatic rings. The minimum Gasteiger partial charge on any atom is -0.301 e. The summed E-state index contributed by atoms with van der Waals surface area (Å²) in [6.45, 7) is 4.58. The Morgan fingerprint density at radius 1 is 0.556 bits per heavy atom. The van der Waals surface area contributed by atoms with E-state index in [1.165, 1.54) is 11.1 Å². The first-order chi connectivity index (χ1) is 21.5. The van der Waals surface area contributed by atoms with Gasteiger partial charge in [-0.3, -0.25) is 9.97 Å². The van der Waals surface area contributed by atoms with E-state index in [4.69, 9.17) is 9.97 Å². The van der Waals surface area contributed by atoms with Crippen LogP contribution in [0.5, 0.6) is 0 Å². The molecule has 224 valence electrons. The van der Waals surface area contributed by atoms with Crippen LogP contribution in [0.1, 0.15) is 47.6 Å². The first kappa shape index (κ1) is 32.2. The Hall–Kier alpha value is -4.24. The molecule has 0 spiro atoms.